The quantitative estimate of drug-likeness (QED) is 0.0884. The summed E-state index contributed by atoms with van der Waals surface area (Å²) in [5.74, 6) is 0.188. The third-order valence-corrected chi connectivity index (χ3v) is 7.06. The maximum atomic E-state index is 13.5. The second kappa shape index (κ2) is 13.1. The number of aliphatic hydroxyl groups excluding tert-OH is 1. The maximum absolute atomic E-state index is 13.5. The number of rotatable bonds is 12. The molecule has 0 aliphatic carbocycles. The largest absolute Gasteiger partial charge is 0.507 e. The molecule has 8 heteroatoms. The number of hydrogen-bond donors (Lipinski definition) is 1. The number of carbonyl (C=O) groups is 2. The van der Waals surface area contributed by atoms with Crippen LogP contribution < -0.4 is 14.2 Å². The monoisotopic (exact) mass is 567 g/mol. The molecule has 1 atom stereocenters. The van der Waals surface area contributed by atoms with Gasteiger partial charge in [-0.2, -0.15) is 0 Å². The molecule has 0 spiro atoms. The Labute approximate surface area is 244 Å². The lowest BCUT2D eigenvalue weighted by Crippen LogP contribution is -2.29. The van der Waals surface area contributed by atoms with E-state index in [1.165, 1.54) is 18.3 Å². The van der Waals surface area contributed by atoms with Crippen LogP contribution in [0.3, 0.4) is 0 Å². The molecule has 1 aromatic heterocycles. The standard InChI is InChI=1S/C34H33NO7/c1-3-4-17-40-26-13-8-12-25(19-26)32(36)30-31(35(34(38)33(30)37)21-27-14-9-18-41-27)24-15-16-28(29(20-24)39-2)42-22-23-10-6-5-7-11-23/h5-16,18-20,31,36H,3-4,17,21-22H2,1-2H3/b32-30+. The summed E-state index contributed by atoms with van der Waals surface area (Å²) in [6.45, 7) is 2.98. The van der Waals surface area contributed by atoms with Crippen molar-refractivity contribution in [2.45, 2.75) is 39.0 Å². The molecular weight excluding hydrogens is 534 g/mol. The van der Waals surface area contributed by atoms with Gasteiger partial charge in [-0.25, -0.2) is 0 Å². The Balaban J connectivity index is 1.54. The van der Waals surface area contributed by atoms with Gasteiger partial charge in [0.1, 0.15) is 23.9 Å². The molecule has 3 aromatic carbocycles. The van der Waals surface area contributed by atoms with Crippen molar-refractivity contribution >= 4 is 17.4 Å². The van der Waals surface area contributed by atoms with E-state index in [-0.39, 0.29) is 17.9 Å². The average Bonchev–Trinajstić information content (AvgIpc) is 3.63. The first-order chi connectivity index (χ1) is 20.5. The number of ketones is 1. The van der Waals surface area contributed by atoms with E-state index in [9.17, 15) is 14.7 Å². The van der Waals surface area contributed by atoms with Crippen LogP contribution in [0.5, 0.6) is 17.2 Å². The Hall–Kier alpha value is -4.98. The summed E-state index contributed by atoms with van der Waals surface area (Å²) in [5.41, 5.74) is 1.91. The van der Waals surface area contributed by atoms with Crippen LogP contribution in [0, 0.1) is 0 Å². The molecule has 42 heavy (non-hydrogen) atoms. The third-order valence-electron chi connectivity index (χ3n) is 7.06. The number of ether oxygens (including phenoxy) is 3. The molecule has 1 N–H and O–H groups in total. The summed E-state index contributed by atoms with van der Waals surface area (Å²) in [5, 5.41) is 11.5. The van der Waals surface area contributed by atoms with Gasteiger partial charge in [-0.3, -0.25) is 9.59 Å². The molecule has 4 aromatic rings. The zero-order valence-corrected chi connectivity index (χ0v) is 23.6. The first kappa shape index (κ1) is 28.5. The van der Waals surface area contributed by atoms with Gasteiger partial charge in [0.05, 0.1) is 38.1 Å². The first-order valence-corrected chi connectivity index (χ1v) is 13.9. The van der Waals surface area contributed by atoms with E-state index in [1.807, 2.05) is 30.3 Å². The molecule has 2 heterocycles. The van der Waals surface area contributed by atoms with Gasteiger partial charge in [0.15, 0.2) is 11.5 Å². The van der Waals surface area contributed by atoms with E-state index < -0.39 is 17.7 Å². The van der Waals surface area contributed by atoms with Crippen LogP contribution in [-0.4, -0.2) is 35.4 Å². The summed E-state index contributed by atoms with van der Waals surface area (Å²) in [6.07, 6.45) is 3.38. The minimum absolute atomic E-state index is 0.0303. The van der Waals surface area contributed by atoms with Crippen LogP contribution in [-0.2, 0) is 22.7 Å². The smallest absolute Gasteiger partial charge is 0.296 e. The molecule has 1 aliphatic heterocycles. The van der Waals surface area contributed by atoms with Crippen molar-refractivity contribution in [2.75, 3.05) is 13.7 Å². The highest BCUT2D eigenvalue weighted by atomic mass is 16.5. The summed E-state index contributed by atoms with van der Waals surface area (Å²) >= 11 is 0. The number of methoxy groups -OCH3 is 1. The third kappa shape index (κ3) is 6.17. The van der Waals surface area contributed by atoms with Crippen LogP contribution >= 0.6 is 0 Å². The topological polar surface area (TPSA) is 98.4 Å². The van der Waals surface area contributed by atoms with E-state index in [0.717, 1.165) is 18.4 Å². The normalized spacial score (nSPS) is 16.0. The Morgan fingerprint density at radius 3 is 2.50 bits per heavy atom. The van der Waals surface area contributed by atoms with Crippen molar-refractivity contribution in [3.63, 3.8) is 0 Å². The van der Waals surface area contributed by atoms with E-state index in [4.69, 9.17) is 18.6 Å². The van der Waals surface area contributed by atoms with Crippen LogP contribution in [0.25, 0.3) is 5.76 Å². The molecule has 1 fully saturated rings. The number of Topliss-reactive ketones (excluding diaryl/α,β-unsaturated/α-hetero) is 1. The minimum Gasteiger partial charge on any atom is -0.507 e. The van der Waals surface area contributed by atoms with Gasteiger partial charge in [0, 0.05) is 5.56 Å². The Morgan fingerprint density at radius 2 is 1.76 bits per heavy atom. The van der Waals surface area contributed by atoms with Crippen molar-refractivity contribution in [3.05, 3.63) is 119 Å². The van der Waals surface area contributed by atoms with Gasteiger partial charge in [-0.15, -0.1) is 0 Å². The zero-order chi connectivity index (χ0) is 29.5. The van der Waals surface area contributed by atoms with Crippen LogP contribution in [0.15, 0.2) is 101 Å². The van der Waals surface area contributed by atoms with Crippen molar-refractivity contribution in [3.8, 4) is 17.2 Å². The van der Waals surface area contributed by atoms with E-state index in [0.29, 0.717) is 47.3 Å². The molecule has 216 valence electrons. The fourth-order valence-electron chi connectivity index (χ4n) is 4.89. The molecule has 0 radical (unpaired) electrons. The molecule has 5 rings (SSSR count). The van der Waals surface area contributed by atoms with Gasteiger partial charge in [0.2, 0.25) is 0 Å². The predicted molar refractivity (Wildman–Crippen MR) is 157 cm³/mol. The lowest BCUT2D eigenvalue weighted by Gasteiger charge is -2.25. The SMILES string of the molecule is CCCCOc1cccc(/C(O)=C2\C(=O)C(=O)N(Cc3ccco3)C2c2ccc(OCc3ccccc3)c(OC)c2)c1. The lowest BCUT2D eigenvalue weighted by atomic mass is 9.95. The summed E-state index contributed by atoms with van der Waals surface area (Å²) in [6, 6.07) is 24.4. The fraction of sp³-hybridized carbons (Fsp3) is 0.235. The molecule has 0 saturated carbocycles. The number of unbranched alkanes of at least 4 members (excludes halogenated alkanes) is 1. The van der Waals surface area contributed by atoms with Crippen molar-refractivity contribution < 1.29 is 33.3 Å². The average molecular weight is 568 g/mol. The summed E-state index contributed by atoms with van der Waals surface area (Å²) < 4.78 is 23.0. The number of hydrogen-bond acceptors (Lipinski definition) is 7. The Kier molecular flexibility index (Phi) is 8.92. The number of nitrogens with zero attached hydrogens (tertiary/aromatic N) is 1. The maximum Gasteiger partial charge on any atom is 0.296 e. The molecule has 1 aliphatic rings. The van der Waals surface area contributed by atoms with Gasteiger partial charge in [0.25, 0.3) is 11.7 Å². The number of furan rings is 1. The van der Waals surface area contributed by atoms with Gasteiger partial charge in [-0.05, 0) is 53.9 Å². The first-order valence-electron chi connectivity index (χ1n) is 13.9. The van der Waals surface area contributed by atoms with Crippen LogP contribution in [0.2, 0.25) is 0 Å². The number of amides is 1. The molecule has 8 nitrogen and oxygen atoms in total. The van der Waals surface area contributed by atoms with E-state index >= 15 is 0 Å². The van der Waals surface area contributed by atoms with Crippen molar-refractivity contribution in [1.29, 1.82) is 0 Å². The molecule has 1 unspecified atom stereocenters. The highest BCUT2D eigenvalue weighted by Crippen LogP contribution is 2.43. The number of benzene rings is 3. The van der Waals surface area contributed by atoms with Crippen molar-refractivity contribution in [2.24, 2.45) is 0 Å². The second-order valence-electron chi connectivity index (χ2n) is 9.92. The molecular formula is C34H33NO7. The highest BCUT2D eigenvalue weighted by Gasteiger charge is 2.46. The fourth-order valence-corrected chi connectivity index (χ4v) is 4.89. The highest BCUT2D eigenvalue weighted by molar-refractivity contribution is 6.46. The molecule has 0 bridgehead atoms. The summed E-state index contributed by atoms with van der Waals surface area (Å²) in [7, 11) is 1.53. The summed E-state index contributed by atoms with van der Waals surface area (Å²) in [4.78, 5) is 28.3. The minimum atomic E-state index is -0.906. The van der Waals surface area contributed by atoms with Crippen LogP contribution in [0.4, 0.5) is 0 Å². The molecule has 1 saturated heterocycles. The van der Waals surface area contributed by atoms with Crippen LogP contribution in [0.1, 0.15) is 48.3 Å². The number of aliphatic hydroxyl groups is 1. The van der Waals surface area contributed by atoms with E-state index in [2.05, 4.69) is 6.92 Å². The van der Waals surface area contributed by atoms with Crippen molar-refractivity contribution in [1.82, 2.24) is 4.90 Å². The molecule has 1 amide bonds. The Morgan fingerprint density at radius 1 is 0.929 bits per heavy atom. The number of carbonyl (C=O) groups excluding carboxylic acids is 2. The van der Waals surface area contributed by atoms with Gasteiger partial charge < -0.3 is 28.6 Å². The predicted octanol–water partition coefficient (Wildman–Crippen LogP) is 6.67. The number of likely N-dealkylation sites (tertiary alicyclic amines) is 1. The second-order valence-corrected chi connectivity index (χ2v) is 9.92. The van der Waals surface area contributed by atoms with E-state index in [1.54, 1.807) is 54.6 Å². The zero-order valence-electron chi connectivity index (χ0n) is 23.6. The van der Waals surface area contributed by atoms with Gasteiger partial charge in [-0.1, -0.05) is 61.9 Å². The van der Waals surface area contributed by atoms with Gasteiger partial charge >= 0.3 is 0 Å². The Bertz CT molecular complexity index is 1560. The lowest BCUT2D eigenvalue weighted by molar-refractivity contribution is -0.140.